The van der Waals surface area contributed by atoms with E-state index in [-0.39, 0.29) is 18.4 Å². The summed E-state index contributed by atoms with van der Waals surface area (Å²) < 4.78 is 5.23. The summed E-state index contributed by atoms with van der Waals surface area (Å²) in [7, 11) is 0. The van der Waals surface area contributed by atoms with Crippen molar-refractivity contribution in [2.75, 3.05) is 6.61 Å². The zero-order valence-electron chi connectivity index (χ0n) is 11.8. The van der Waals surface area contributed by atoms with Gasteiger partial charge in [-0.3, -0.25) is 9.59 Å². The molecule has 0 aromatic heterocycles. The van der Waals surface area contributed by atoms with E-state index in [0.717, 1.165) is 12.8 Å². The molecule has 4 heteroatoms. The molecule has 1 aliphatic carbocycles. The first-order valence-electron chi connectivity index (χ1n) is 6.56. The lowest BCUT2D eigenvalue weighted by Crippen LogP contribution is -2.44. The molecule has 1 aliphatic rings. The maximum Gasteiger partial charge on any atom is 0.311 e. The molecule has 0 saturated heterocycles. The van der Waals surface area contributed by atoms with Crippen LogP contribution in [0.1, 0.15) is 53.4 Å². The maximum absolute atomic E-state index is 12.1. The summed E-state index contributed by atoms with van der Waals surface area (Å²) in [5.74, 6) is -0.345. The molecule has 104 valence electrons. The third kappa shape index (κ3) is 3.31. The van der Waals surface area contributed by atoms with Crippen LogP contribution in [0.5, 0.6) is 0 Å². The van der Waals surface area contributed by atoms with E-state index < -0.39 is 16.9 Å². The fourth-order valence-corrected chi connectivity index (χ4v) is 2.02. The van der Waals surface area contributed by atoms with Gasteiger partial charge in [0.25, 0.3) is 0 Å². The zero-order valence-corrected chi connectivity index (χ0v) is 11.8. The molecular formula is C14H24O4. The number of aliphatic hydroxyl groups excluding tert-OH is 1. The lowest BCUT2D eigenvalue weighted by Gasteiger charge is -2.31. The Bertz CT molecular complexity index is 329. The van der Waals surface area contributed by atoms with E-state index in [1.165, 1.54) is 0 Å². The minimum atomic E-state index is -0.947. The Morgan fingerprint density at radius 2 is 2.06 bits per heavy atom. The topological polar surface area (TPSA) is 63.6 Å². The van der Waals surface area contributed by atoms with E-state index in [2.05, 4.69) is 0 Å². The lowest BCUT2D eigenvalue weighted by atomic mass is 9.79. The molecule has 0 aromatic carbocycles. The Balaban J connectivity index is 2.72. The van der Waals surface area contributed by atoms with Crippen molar-refractivity contribution in [2.45, 2.75) is 59.5 Å². The van der Waals surface area contributed by atoms with E-state index in [9.17, 15) is 14.7 Å². The van der Waals surface area contributed by atoms with Gasteiger partial charge in [0.1, 0.15) is 12.4 Å². The molecule has 1 saturated carbocycles. The van der Waals surface area contributed by atoms with Gasteiger partial charge in [0, 0.05) is 6.42 Å². The molecule has 0 aliphatic heterocycles. The molecule has 0 radical (unpaired) electrons. The molecule has 0 bridgehead atoms. The second kappa shape index (κ2) is 5.39. The highest BCUT2D eigenvalue weighted by Gasteiger charge is 2.43. The van der Waals surface area contributed by atoms with Crippen LogP contribution < -0.4 is 0 Å². The van der Waals surface area contributed by atoms with Gasteiger partial charge < -0.3 is 9.84 Å². The van der Waals surface area contributed by atoms with Gasteiger partial charge in [0.05, 0.1) is 16.9 Å². The maximum atomic E-state index is 12.1. The van der Waals surface area contributed by atoms with Crippen LogP contribution in [0.4, 0.5) is 0 Å². The SMILES string of the molecule is CC(C)(C)C(=O)OC[C@@]1(C)C(=O)CCCC[C@@H]1O. The van der Waals surface area contributed by atoms with Gasteiger partial charge in [0.2, 0.25) is 0 Å². The summed E-state index contributed by atoms with van der Waals surface area (Å²) in [5, 5.41) is 10.1. The molecule has 1 N–H and O–H groups in total. The fraction of sp³-hybridized carbons (Fsp3) is 0.857. The summed E-state index contributed by atoms with van der Waals surface area (Å²) in [4.78, 5) is 23.8. The Morgan fingerprint density at radius 3 is 2.61 bits per heavy atom. The summed E-state index contributed by atoms with van der Waals surface area (Å²) in [5.41, 5.74) is -1.54. The van der Waals surface area contributed by atoms with Gasteiger partial charge in [-0.25, -0.2) is 0 Å². The second-order valence-corrected chi connectivity index (χ2v) is 6.43. The molecule has 0 unspecified atom stereocenters. The molecule has 18 heavy (non-hydrogen) atoms. The predicted molar refractivity (Wildman–Crippen MR) is 68.0 cm³/mol. The first-order chi connectivity index (χ1) is 8.18. The number of carbonyl (C=O) groups excluding carboxylic acids is 2. The van der Waals surface area contributed by atoms with Crippen LogP contribution in [-0.4, -0.2) is 29.6 Å². The average Bonchev–Trinajstić information content (AvgIpc) is 2.39. The van der Waals surface area contributed by atoms with Gasteiger partial charge in [-0.2, -0.15) is 0 Å². The second-order valence-electron chi connectivity index (χ2n) is 6.43. The molecule has 0 amide bonds. The smallest absolute Gasteiger partial charge is 0.311 e. The van der Waals surface area contributed by atoms with Crippen molar-refractivity contribution in [3.8, 4) is 0 Å². The van der Waals surface area contributed by atoms with E-state index in [0.29, 0.717) is 12.8 Å². The molecular weight excluding hydrogens is 232 g/mol. The number of carbonyl (C=O) groups is 2. The summed E-state index contributed by atoms with van der Waals surface area (Å²) in [6.45, 7) is 6.97. The van der Waals surface area contributed by atoms with Crippen molar-refractivity contribution in [3.63, 3.8) is 0 Å². The van der Waals surface area contributed by atoms with Gasteiger partial charge in [-0.05, 0) is 40.5 Å². The van der Waals surface area contributed by atoms with Crippen molar-refractivity contribution in [1.82, 2.24) is 0 Å². The molecule has 0 aromatic rings. The van der Waals surface area contributed by atoms with Crippen LogP contribution in [0, 0.1) is 10.8 Å². The van der Waals surface area contributed by atoms with E-state index >= 15 is 0 Å². The standard InChI is InChI=1S/C14H24O4/c1-13(2,3)12(17)18-9-14(4)10(15)7-5-6-8-11(14)16/h10,15H,5-9H2,1-4H3/t10-,14+/m0/s1. The van der Waals surface area contributed by atoms with E-state index in [1.54, 1.807) is 27.7 Å². The van der Waals surface area contributed by atoms with Crippen LogP contribution in [-0.2, 0) is 14.3 Å². The molecule has 1 rings (SSSR count). The highest BCUT2D eigenvalue weighted by atomic mass is 16.5. The zero-order chi connectivity index (χ0) is 14.0. The highest BCUT2D eigenvalue weighted by molar-refractivity contribution is 5.86. The number of ketones is 1. The largest absolute Gasteiger partial charge is 0.464 e. The van der Waals surface area contributed by atoms with Crippen LogP contribution >= 0.6 is 0 Å². The van der Waals surface area contributed by atoms with Crippen LogP contribution in [0.3, 0.4) is 0 Å². The predicted octanol–water partition coefficient (Wildman–Crippen LogP) is 2.09. The minimum absolute atomic E-state index is 0.00536. The Morgan fingerprint density at radius 1 is 1.44 bits per heavy atom. The van der Waals surface area contributed by atoms with Crippen molar-refractivity contribution in [2.24, 2.45) is 10.8 Å². The number of hydrogen-bond acceptors (Lipinski definition) is 4. The Kier molecular flexibility index (Phi) is 4.54. The molecule has 0 spiro atoms. The number of hydrogen-bond donors (Lipinski definition) is 1. The average molecular weight is 256 g/mol. The minimum Gasteiger partial charge on any atom is -0.464 e. The van der Waals surface area contributed by atoms with Gasteiger partial charge in [-0.15, -0.1) is 0 Å². The van der Waals surface area contributed by atoms with Crippen LogP contribution in [0.2, 0.25) is 0 Å². The first kappa shape index (κ1) is 15.2. The highest BCUT2D eigenvalue weighted by Crippen LogP contribution is 2.33. The third-order valence-electron chi connectivity index (χ3n) is 3.62. The van der Waals surface area contributed by atoms with Crippen molar-refractivity contribution < 1.29 is 19.4 Å². The third-order valence-corrected chi connectivity index (χ3v) is 3.62. The quantitative estimate of drug-likeness (QED) is 0.607. The first-order valence-corrected chi connectivity index (χ1v) is 6.56. The summed E-state index contributed by atoms with van der Waals surface area (Å²) in [6, 6.07) is 0. The van der Waals surface area contributed by atoms with Gasteiger partial charge in [-0.1, -0.05) is 6.42 Å². The number of esters is 1. The van der Waals surface area contributed by atoms with Crippen LogP contribution in [0.15, 0.2) is 0 Å². The fourth-order valence-electron chi connectivity index (χ4n) is 2.02. The summed E-state index contributed by atoms with van der Waals surface area (Å²) >= 11 is 0. The van der Waals surface area contributed by atoms with Crippen molar-refractivity contribution in [3.05, 3.63) is 0 Å². The molecule has 4 nitrogen and oxygen atoms in total. The number of rotatable bonds is 2. The molecule has 1 fully saturated rings. The Hall–Kier alpha value is -0.900. The molecule has 0 heterocycles. The van der Waals surface area contributed by atoms with Crippen molar-refractivity contribution in [1.29, 1.82) is 0 Å². The lowest BCUT2D eigenvalue weighted by molar-refractivity contribution is -0.161. The van der Waals surface area contributed by atoms with Crippen molar-refractivity contribution >= 4 is 11.8 Å². The van der Waals surface area contributed by atoms with Crippen LogP contribution in [0.25, 0.3) is 0 Å². The number of ether oxygens (including phenoxy) is 1. The molecule has 2 atom stereocenters. The van der Waals surface area contributed by atoms with E-state index in [1.807, 2.05) is 0 Å². The van der Waals surface area contributed by atoms with E-state index in [4.69, 9.17) is 4.74 Å². The summed E-state index contributed by atoms with van der Waals surface area (Å²) in [6.07, 6.45) is 1.98. The van der Waals surface area contributed by atoms with Gasteiger partial charge >= 0.3 is 5.97 Å². The van der Waals surface area contributed by atoms with Gasteiger partial charge in [0.15, 0.2) is 0 Å². The monoisotopic (exact) mass is 256 g/mol. The normalized spacial score (nSPS) is 29.8. The number of aliphatic hydroxyl groups is 1. The number of Topliss-reactive ketones (excluding diaryl/α,β-unsaturated/α-hetero) is 1. The Labute approximate surface area is 109 Å².